The molecule has 0 aromatic rings. The van der Waals surface area contributed by atoms with Gasteiger partial charge in [0, 0.05) is 6.04 Å². The number of ether oxygens (including phenoxy) is 1. The molecule has 0 heterocycles. The quantitative estimate of drug-likeness (QED) is 0.640. The lowest BCUT2D eigenvalue weighted by Crippen LogP contribution is -2.32. The van der Waals surface area contributed by atoms with Crippen LogP contribution in [0, 0.1) is 5.92 Å². The number of carbonyl (C=O) groups is 1. The van der Waals surface area contributed by atoms with E-state index in [9.17, 15) is 4.79 Å². The highest BCUT2D eigenvalue weighted by Gasteiger charge is 2.09. The van der Waals surface area contributed by atoms with Gasteiger partial charge in [0.15, 0.2) is 0 Å². The van der Waals surface area contributed by atoms with E-state index in [1.165, 1.54) is 20.0 Å². The first-order valence-corrected chi connectivity index (χ1v) is 5.40. The Bertz CT molecular complexity index is 159. The summed E-state index contributed by atoms with van der Waals surface area (Å²) in [5, 5.41) is 3.33. The van der Waals surface area contributed by atoms with Crippen LogP contribution < -0.4 is 5.32 Å². The maximum Gasteiger partial charge on any atom is 0.307 e. The van der Waals surface area contributed by atoms with Crippen molar-refractivity contribution in [2.24, 2.45) is 5.92 Å². The van der Waals surface area contributed by atoms with Crippen molar-refractivity contribution in [2.75, 3.05) is 13.7 Å². The molecule has 0 radical (unpaired) electrons. The molecule has 2 unspecified atom stereocenters. The molecule has 0 saturated carbocycles. The molecule has 3 heteroatoms. The fraction of sp³-hybridized carbons (Fsp3) is 0.909. The fourth-order valence-corrected chi connectivity index (χ4v) is 1.40. The molecule has 0 spiro atoms. The molecule has 0 aliphatic carbocycles. The van der Waals surface area contributed by atoms with Crippen LogP contribution in [-0.2, 0) is 9.53 Å². The summed E-state index contributed by atoms with van der Waals surface area (Å²) in [6.45, 7) is 7.40. The molecule has 2 atom stereocenters. The Kier molecular flexibility index (Phi) is 7.48. The van der Waals surface area contributed by atoms with Gasteiger partial charge in [-0.05, 0) is 25.8 Å². The fourth-order valence-electron chi connectivity index (χ4n) is 1.40. The molecule has 1 N–H and O–H groups in total. The first-order valence-electron chi connectivity index (χ1n) is 5.40. The van der Waals surface area contributed by atoms with Crippen molar-refractivity contribution in [1.29, 1.82) is 0 Å². The predicted octanol–water partition coefficient (Wildman–Crippen LogP) is 1.96. The summed E-state index contributed by atoms with van der Waals surface area (Å²) in [6, 6.07) is 0.210. The van der Waals surface area contributed by atoms with Gasteiger partial charge < -0.3 is 10.1 Å². The van der Waals surface area contributed by atoms with Gasteiger partial charge in [0.05, 0.1) is 13.5 Å². The lowest BCUT2D eigenvalue weighted by Gasteiger charge is -2.16. The molecule has 0 rings (SSSR count). The van der Waals surface area contributed by atoms with Crippen molar-refractivity contribution < 1.29 is 9.53 Å². The predicted molar refractivity (Wildman–Crippen MR) is 58.2 cm³/mol. The first kappa shape index (κ1) is 13.4. The monoisotopic (exact) mass is 201 g/mol. The lowest BCUT2D eigenvalue weighted by atomic mass is 10.1. The van der Waals surface area contributed by atoms with E-state index in [1.54, 1.807) is 0 Å². The van der Waals surface area contributed by atoms with Gasteiger partial charge in [-0.15, -0.1) is 0 Å². The van der Waals surface area contributed by atoms with E-state index >= 15 is 0 Å². The number of rotatable bonds is 7. The third kappa shape index (κ3) is 6.89. The van der Waals surface area contributed by atoms with Crippen LogP contribution in [0.3, 0.4) is 0 Å². The molecular formula is C11H23NO2. The SMILES string of the molecule is CCCC(C)CNC(C)CC(=O)OC. The van der Waals surface area contributed by atoms with E-state index in [0.717, 1.165) is 6.54 Å². The standard InChI is InChI=1S/C11H23NO2/c1-5-6-9(2)8-12-10(3)7-11(13)14-4/h9-10,12H,5-8H2,1-4H3. The molecule has 84 valence electrons. The zero-order valence-electron chi connectivity index (χ0n) is 9.80. The van der Waals surface area contributed by atoms with E-state index in [0.29, 0.717) is 12.3 Å². The molecule has 0 aliphatic rings. The van der Waals surface area contributed by atoms with Gasteiger partial charge in [-0.1, -0.05) is 20.3 Å². The topological polar surface area (TPSA) is 38.3 Å². The zero-order chi connectivity index (χ0) is 11.0. The number of carbonyl (C=O) groups excluding carboxylic acids is 1. The van der Waals surface area contributed by atoms with Crippen LogP contribution in [0.1, 0.15) is 40.0 Å². The average Bonchev–Trinajstić information content (AvgIpc) is 2.15. The Balaban J connectivity index is 3.52. The summed E-state index contributed by atoms with van der Waals surface area (Å²) < 4.78 is 4.60. The van der Waals surface area contributed by atoms with Gasteiger partial charge in [0.1, 0.15) is 0 Å². The third-order valence-electron chi connectivity index (χ3n) is 2.30. The molecule has 0 aromatic heterocycles. The molecule has 0 bridgehead atoms. The highest BCUT2D eigenvalue weighted by Crippen LogP contribution is 2.04. The van der Waals surface area contributed by atoms with Gasteiger partial charge in [-0.3, -0.25) is 4.79 Å². The summed E-state index contributed by atoms with van der Waals surface area (Å²) in [4.78, 5) is 10.9. The average molecular weight is 201 g/mol. The summed E-state index contributed by atoms with van der Waals surface area (Å²) in [5.41, 5.74) is 0. The summed E-state index contributed by atoms with van der Waals surface area (Å²) in [5.74, 6) is 0.535. The number of esters is 1. The van der Waals surface area contributed by atoms with E-state index in [4.69, 9.17) is 0 Å². The molecule has 0 amide bonds. The number of hydrogen-bond donors (Lipinski definition) is 1. The molecule has 0 fully saturated rings. The second kappa shape index (κ2) is 7.80. The van der Waals surface area contributed by atoms with Crippen molar-refractivity contribution in [3.63, 3.8) is 0 Å². The van der Waals surface area contributed by atoms with Gasteiger partial charge in [0.25, 0.3) is 0 Å². The number of hydrogen-bond acceptors (Lipinski definition) is 3. The third-order valence-corrected chi connectivity index (χ3v) is 2.30. The van der Waals surface area contributed by atoms with Gasteiger partial charge >= 0.3 is 5.97 Å². The Morgan fingerprint density at radius 3 is 2.57 bits per heavy atom. The molecule has 3 nitrogen and oxygen atoms in total. The Labute approximate surface area is 87.2 Å². The highest BCUT2D eigenvalue weighted by atomic mass is 16.5. The van der Waals surface area contributed by atoms with Gasteiger partial charge in [-0.25, -0.2) is 0 Å². The van der Waals surface area contributed by atoms with Crippen molar-refractivity contribution in [3.05, 3.63) is 0 Å². The Morgan fingerprint density at radius 2 is 2.07 bits per heavy atom. The minimum Gasteiger partial charge on any atom is -0.469 e. The minimum atomic E-state index is -0.145. The number of methoxy groups -OCH3 is 1. The van der Waals surface area contributed by atoms with Crippen molar-refractivity contribution in [3.8, 4) is 0 Å². The lowest BCUT2D eigenvalue weighted by molar-refractivity contribution is -0.141. The van der Waals surface area contributed by atoms with Crippen LogP contribution in [0.4, 0.5) is 0 Å². The molecule has 0 saturated heterocycles. The second-order valence-corrected chi connectivity index (χ2v) is 3.98. The van der Waals surface area contributed by atoms with E-state index in [-0.39, 0.29) is 12.0 Å². The van der Waals surface area contributed by atoms with Crippen LogP contribution in [0.15, 0.2) is 0 Å². The van der Waals surface area contributed by atoms with E-state index in [1.807, 2.05) is 6.92 Å². The van der Waals surface area contributed by atoms with Crippen LogP contribution in [0.25, 0.3) is 0 Å². The Morgan fingerprint density at radius 1 is 1.43 bits per heavy atom. The largest absolute Gasteiger partial charge is 0.469 e. The molecule has 0 aliphatic heterocycles. The van der Waals surface area contributed by atoms with Crippen LogP contribution in [0.2, 0.25) is 0 Å². The molecular weight excluding hydrogens is 178 g/mol. The number of nitrogens with one attached hydrogen (secondary N) is 1. The highest BCUT2D eigenvalue weighted by molar-refractivity contribution is 5.69. The van der Waals surface area contributed by atoms with Crippen molar-refractivity contribution >= 4 is 5.97 Å². The Hall–Kier alpha value is -0.570. The minimum absolute atomic E-state index is 0.145. The van der Waals surface area contributed by atoms with Crippen LogP contribution in [0.5, 0.6) is 0 Å². The maximum absolute atomic E-state index is 10.9. The maximum atomic E-state index is 10.9. The normalized spacial score (nSPS) is 14.9. The molecule has 0 aromatic carbocycles. The van der Waals surface area contributed by atoms with Gasteiger partial charge in [0.2, 0.25) is 0 Å². The van der Waals surface area contributed by atoms with E-state index in [2.05, 4.69) is 23.9 Å². The zero-order valence-corrected chi connectivity index (χ0v) is 9.80. The second-order valence-electron chi connectivity index (χ2n) is 3.98. The van der Waals surface area contributed by atoms with E-state index < -0.39 is 0 Å². The van der Waals surface area contributed by atoms with Gasteiger partial charge in [-0.2, -0.15) is 0 Å². The van der Waals surface area contributed by atoms with Crippen molar-refractivity contribution in [2.45, 2.75) is 46.1 Å². The summed E-state index contributed by atoms with van der Waals surface area (Å²) in [6.07, 6.45) is 2.90. The van der Waals surface area contributed by atoms with Crippen molar-refractivity contribution in [1.82, 2.24) is 5.32 Å². The van der Waals surface area contributed by atoms with Crippen LogP contribution in [-0.4, -0.2) is 25.7 Å². The summed E-state index contributed by atoms with van der Waals surface area (Å²) >= 11 is 0. The first-order chi connectivity index (χ1) is 6.60. The summed E-state index contributed by atoms with van der Waals surface area (Å²) in [7, 11) is 1.43. The smallest absolute Gasteiger partial charge is 0.307 e. The molecule has 14 heavy (non-hydrogen) atoms. The van der Waals surface area contributed by atoms with Crippen LogP contribution >= 0.6 is 0 Å².